The van der Waals surface area contributed by atoms with Gasteiger partial charge in [0.15, 0.2) is 0 Å². The number of nitrogens with two attached hydrogens (primary N) is 1. The molecule has 19 heavy (non-hydrogen) atoms. The van der Waals surface area contributed by atoms with Crippen LogP contribution in [0.4, 0.5) is 5.69 Å². The highest BCUT2D eigenvalue weighted by Gasteiger charge is 2.11. The highest BCUT2D eigenvalue weighted by molar-refractivity contribution is 8.00. The van der Waals surface area contributed by atoms with Gasteiger partial charge in [0.25, 0.3) is 0 Å². The Labute approximate surface area is 120 Å². The summed E-state index contributed by atoms with van der Waals surface area (Å²) in [6.45, 7) is 0.656. The van der Waals surface area contributed by atoms with Gasteiger partial charge in [0, 0.05) is 23.0 Å². The van der Waals surface area contributed by atoms with Crippen molar-refractivity contribution in [3.63, 3.8) is 0 Å². The van der Waals surface area contributed by atoms with Gasteiger partial charge >= 0.3 is 0 Å². The number of pyridine rings is 1. The van der Waals surface area contributed by atoms with Gasteiger partial charge in [-0.15, -0.1) is 23.1 Å². The largest absolute Gasteiger partial charge is 0.397 e. The van der Waals surface area contributed by atoms with Crippen molar-refractivity contribution >= 4 is 34.7 Å². The van der Waals surface area contributed by atoms with Crippen molar-refractivity contribution in [1.82, 2.24) is 9.88 Å². The Morgan fingerprint density at radius 2 is 2.37 bits per heavy atom. The van der Waals surface area contributed by atoms with Crippen molar-refractivity contribution in [3.05, 3.63) is 40.8 Å². The van der Waals surface area contributed by atoms with Crippen molar-refractivity contribution in [1.29, 1.82) is 0 Å². The molecule has 0 aliphatic carbocycles. The van der Waals surface area contributed by atoms with Crippen LogP contribution in [0.2, 0.25) is 0 Å². The monoisotopic (exact) mass is 293 g/mol. The Balaban J connectivity index is 1.86. The molecule has 2 N–H and O–H groups in total. The second-order valence-electron chi connectivity index (χ2n) is 4.03. The molecular weight excluding hydrogens is 278 g/mol. The average Bonchev–Trinajstić information content (AvgIpc) is 2.90. The van der Waals surface area contributed by atoms with Crippen LogP contribution in [-0.2, 0) is 11.3 Å². The van der Waals surface area contributed by atoms with Crippen LogP contribution in [0.1, 0.15) is 4.88 Å². The van der Waals surface area contributed by atoms with E-state index in [9.17, 15) is 4.79 Å². The van der Waals surface area contributed by atoms with Crippen LogP contribution in [0.5, 0.6) is 0 Å². The molecule has 0 radical (unpaired) electrons. The summed E-state index contributed by atoms with van der Waals surface area (Å²) in [6, 6.07) is 5.85. The van der Waals surface area contributed by atoms with Crippen molar-refractivity contribution in [2.45, 2.75) is 11.4 Å². The van der Waals surface area contributed by atoms with Crippen molar-refractivity contribution in [2.75, 3.05) is 18.5 Å². The zero-order valence-corrected chi connectivity index (χ0v) is 12.2. The van der Waals surface area contributed by atoms with Gasteiger partial charge in [-0.2, -0.15) is 0 Å². The summed E-state index contributed by atoms with van der Waals surface area (Å²) in [5.74, 6) is 0.477. The molecule has 2 aromatic rings. The predicted octanol–water partition coefficient (Wildman–Crippen LogP) is 2.48. The number of amides is 1. The van der Waals surface area contributed by atoms with E-state index in [-0.39, 0.29) is 5.91 Å². The van der Waals surface area contributed by atoms with Gasteiger partial charge in [0.2, 0.25) is 5.91 Å². The zero-order valence-electron chi connectivity index (χ0n) is 10.6. The quantitative estimate of drug-likeness (QED) is 0.860. The number of thioether (sulfide) groups is 1. The molecule has 0 aromatic carbocycles. The Kier molecular flexibility index (Phi) is 4.81. The second-order valence-corrected chi connectivity index (χ2v) is 6.08. The first kappa shape index (κ1) is 13.9. The summed E-state index contributed by atoms with van der Waals surface area (Å²) in [6.07, 6.45) is 3.28. The Hall–Kier alpha value is -1.53. The van der Waals surface area contributed by atoms with E-state index in [0.717, 1.165) is 4.90 Å². The molecule has 2 rings (SSSR count). The fourth-order valence-electron chi connectivity index (χ4n) is 1.50. The number of hydrogen-bond acceptors (Lipinski definition) is 5. The molecule has 1 amide bonds. The van der Waals surface area contributed by atoms with E-state index in [4.69, 9.17) is 5.73 Å². The molecule has 0 spiro atoms. The van der Waals surface area contributed by atoms with E-state index < -0.39 is 0 Å². The van der Waals surface area contributed by atoms with Gasteiger partial charge in [-0.3, -0.25) is 9.78 Å². The van der Waals surface area contributed by atoms with E-state index in [0.29, 0.717) is 18.0 Å². The lowest BCUT2D eigenvalue weighted by Gasteiger charge is -2.16. The highest BCUT2D eigenvalue weighted by atomic mass is 32.2. The number of aromatic nitrogens is 1. The summed E-state index contributed by atoms with van der Waals surface area (Å²) in [5, 5.41) is 2.01. The summed E-state index contributed by atoms with van der Waals surface area (Å²) in [5.41, 5.74) is 6.40. The Bertz CT molecular complexity index is 543. The van der Waals surface area contributed by atoms with E-state index in [1.807, 2.05) is 30.6 Å². The van der Waals surface area contributed by atoms with Crippen LogP contribution >= 0.6 is 23.1 Å². The molecule has 0 aliphatic heterocycles. The summed E-state index contributed by atoms with van der Waals surface area (Å²) < 4.78 is 0. The maximum Gasteiger partial charge on any atom is 0.233 e. The summed E-state index contributed by atoms with van der Waals surface area (Å²) >= 11 is 3.10. The lowest BCUT2D eigenvalue weighted by molar-refractivity contribution is -0.127. The molecule has 2 heterocycles. The number of nitrogen functional groups attached to an aromatic ring is 1. The molecule has 0 bridgehead atoms. The van der Waals surface area contributed by atoms with Gasteiger partial charge in [-0.1, -0.05) is 6.07 Å². The fourth-order valence-corrected chi connectivity index (χ4v) is 3.13. The lowest BCUT2D eigenvalue weighted by atomic mass is 10.4. The molecule has 0 fully saturated rings. The first-order chi connectivity index (χ1) is 9.16. The molecule has 0 saturated carbocycles. The third-order valence-electron chi connectivity index (χ3n) is 2.56. The van der Waals surface area contributed by atoms with Crippen molar-refractivity contribution in [3.8, 4) is 0 Å². The van der Waals surface area contributed by atoms with Gasteiger partial charge in [0.1, 0.15) is 0 Å². The lowest BCUT2D eigenvalue weighted by Crippen LogP contribution is -2.27. The second kappa shape index (κ2) is 6.58. The Morgan fingerprint density at radius 3 is 3.05 bits per heavy atom. The topological polar surface area (TPSA) is 59.2 Å². The van der Waals surface area contributed by atoms with Crippen molar-refractivity contribution in [2.24, 2.45) is 0 Å². The van der Waals surface area contributed by atoms with Crippen LogP contribution in [-0.4, -0.2) is 28.6 Å². The fraction of sp³-hybridized carbons (Fsp3) is 0.231. The minimum absolute atomic E-state index is 0.0922. The van der Waals surface area contributed by atoms with E-state index in [1.54, 1.807) is 28.6 Å². The molecule has 0 saturated heterocycles. The minimum Gasteiger partial charge on any atom is -0.397 e. The van der Waals surface area contributed by atoms with Crippen LogP contribution in [0.3, 0.4) is 0 Å². The van der Waals surface area contributed by atoms with E-state index in [1.165, 1.54) is 16.6 Å². The van der Waals surface area contributed by atoms with Gasteiger partial charge < -0.3 is 10.6 Å². The zero-order chi connectivity index (χ0) is 13.7. The average molecular weight is 293 g/mol. The van der Waals surface area contributed by atoms with Crippen LogP contribution in [0.25, 0.3) is 0 Å². The smallest absolute Gasteiger partial charge is 0.233 e. The Morgan fingerprint density at radius 1 is 1.53 bits per heavy atom. The molecule has 4 nitrogen and oxygen atoms in total. The number of carbonyl (C=O) groups is 1. The number of anilines is 1. The van der Waals surface area contributed by atoms with Crippen molar-refractivity contribution < 1.29 is 4.79 Å². The molecule has 2 aromatic heterocycles. The van der Waals surface area contributed by atoms with E-state index >= 15 is 0 Å². The third-order valence-corrected chi connectivity index (χ3v) is 4.50. The van der Waals surface area contributed by atoms with Crippen LogP contribution in [0, 0.1) is 0 Å². The highest BCUT2D eigenvalue weighted by Crippen LogP contribution is 2.23. The summed E-state index contributed by atoms with van der Waals surface area (Å²) in [4.78, 5) is 19.7. The molecule has 0 aliphatic rings. The summed E-state index contributed by atoms with van der Waals surface area (Å²) in [7, 11) is 1.82. The molecular formula is C13H15N3OS2. The molecule has 6 heteroatoms. The maximum absolute atomic E-state index is 12.0. The molecule has 100 valence electrons. The number of hydrogen-bond donors (Lipinski definition) is 1. The normalized spacial score (nSPS) is 10.4. The number of rotatable bonds is 5. The van der Waals surface area contributed by atoms with Crippen LogP contribution in [0.15, 0.2) is 40.9 Å². The van der Waals surface area contributed by atoms with E-state index in [2.05, 4.69) is 4.98 Å². The maximum atomic E-state index is 12.0. The number of nitrogens with zero attached hydrogens (tertiary/aromatic N) is 2. The minimum atomic E-state index is 0.0922. The SMILES string of the molecule is CN(Cc1cccs1)C(=O)CSc1ccncc1N. The van der Waals surface area contributed by atoms with Gasteiger partial charge in [-0.05, 0) is 17.5 Å². The van der Waals surface area contributed by atoms with Crippen LogP contribution < -0.4 is 5.73 Å². The van der Waals surface area contributed by atoms with Gasteiger partial charge in [-0.25, -0.2) is 0 Å². The molecule has 0 unspecified atom stereocenters. The van der Waals surface area contributed by atoms with Gasteiger partial charge in [0.05, 0.1) is 24.2 Å². The molecule has 0 atom stereocenters. The predicted molar refractivity (Wildman–Crippen MR) is 80.2 cm³/mol. The first-order valence-electron chi connectivity index (χ1n) is 5.75. The number of thiophene rings is 1. The standard InChI is InChI=1S/C13H15N3OS2/c1-16(8-10-3-2-6-18-10)13(17)9-19-12-4-5-15-7-11(12)14/h2-7H,8-9,14H2,1H3. The first-order valence-corrected chi connectivity index (χ1v) is 7.62. The number of carbonyl (C=O) groups excluding carboxylic acids is 1. The third kappa shape index (κ3) is 3.97.